The van der Waals surface area contributed by atoms with E-state index in [-0.39, 0.29) is 16.7 Å². The van der Waals surface area contributed by atoms with Gasteiger partial charge in [0.1, 0.15) is 5.75 Å². The summed E-state index contributed by atoms with van der Waals surface area (Å²) in [6.45, 7) is 1.91. The number of benzene rings is 2. The van der Waals surface area contributed by atoms with Crippen molar-refractivity contribution in [3.63, 3.8) is 0 Å². The van der Waals surface area contributed by atoms with Gasteiger partial charge in [0.2, 0.25) is 5.91 Å². The highest BCUT2D eigenvalue weighted by Gasteiger charge is 2.21. The Labute approximate surface area is 145 Å². The number of amides is 1. The Morgan fingerprint density at radius 1 is 1.17 bits per heavy atom. The van der Waals surface area contributed by atoms with Crippen LogP contribution in [0, 0.1) is 0 Å². The second kappa shape index (κ2) is 8.40. The first-order valence-corrected chi connectivity index (χ1v) is 8.37. The van der Waals surface area contributed by atoms with Gasteiger partial charge >= 0.3 is 5.97 Å². The van der Waals surface area contributed by atoms with Crippen molar-refractivity contribution in [3.05, 3.63) is 54.1 Å². The van der Waals surface area contributed by atoms with Gasteiger partial charge in [0.25, 0.3) is 0 Å². The van der Waals surface area contributed by atoms with E-state index in [9.17, 15) is 14.7 Å². The number of ether oxygens (including phenoxy) is 1. The van der Waals surface area contributed by atoms with Gasteiger partial charge in [0, 0.05) is 0 Å². The zero-order chi connectivity index (χ0) is 17.5. The predicted molar refractivity (Wildman–Crippen MR) is 95.0 cm³/mol. The Morgan fingerprint density at radius 3 is 2.50 bits per heavy atom. The fourth-order valence-electron chi connectivity index (χ4n) is 2.18. The zero-order valence-electron chi connectivity index (χ0n) is 13.5. The van der Waals surface area contributed by atoms with Gasteiger partial charge in [0.05, 0.1) is 28.5 Å². The molecule has 0 aromatic heterocycles. The normalized spacial score (nSPS) is 11.6. The van der Waals surface area contributed by atoms with E-state index in [1.54, 1.807) is 25.3 Å². The first-order valence-electron chi connectivity index (χ1n) is 7.49. The maximum atomic E-state index is 12.6. The van der Waals surface area contributed by atoms with E-state index in [1.807, 2.05) is 31.2 Å². The summed E-state index contributed by atoms with van der Waals surface area (Å²) in [5.74, 6) is -0.599. The number of aromatic carboxylic acids is 1. The highest BCUT2D eigenvalue weighted by molar-refractivity contribution is 8.00. The highest BCUT2D eigenvalue weighted by Crippen LogP contribution is 2.33. The summed E-state index contributed by atoms with van der Waals surface area (Å²) in [5, 5.41) is 11.6. The van der Waals surface area contributed by atoms with Gasteiger partial charge in [0.15, 0.2) is 0 Å². The van der Waals surface area contributed by atoms with Gasteiger partial charge in [-0.05, 0) is 30.7 Å². The van der Waals surface area contributed by atoms with E-state index in [4.69, 9.17) is 4.74 Å². The van der Waals surface area contributed by atoms with Crippen LogP contribution in [0.5, 0.6) is 5.75 Å². The minimum atomic E-state index is -1.07. The van der Waals surface area contributed by atoms with Crippen molar-refractivity contribution >= 4 is 29.3 Å². The number of thioether (sulfide) groups is 1. The molecule has 126 valence electrons. The molecule has 6 heteroatoms. The molecule has 1 amide bonds. The van der Waals surface area contributed by atoms with Gasteiger partial charge in [-0.25, -0.2) is 4.79 Å². The third kappa shape index (κ3) is 4.29. The van der Waals surface area contributed by atoms with Crippen LogP contribution in [0.4, 0.5) is 5.69 Å². The Kier molecular flexibility index (Phi) is 6.26. The van der Waals surface area contributed by atoms with Crippen LogP contribution in [0.15, 0.2) is 53.4 Å². The van der Waals surface area contributed by atoms with Crippen molar-refractivity contribution < 1.29 is 19.4 Å². The van der Waals surface area contributed by atoms with Crippen LogP contribution in [0.3, 0.4) is 0 Å². The van der Waals surface area contributed by atoms with Crippen molar-refractivity contribution in [2.24, 2.45) is 0 Å². The van der Waals surface area contributed by atoms with Crippen LogP contribution in [0.2, 0.25) is 0 Å². The molecular formula is C18H19NO4S. The van der Waals surface area contributed by atoms with E-state index in [2.05, 4.69) is 5.32 Å². The van der Waals surface area contributed by atoms with Gasteiger partial charge in [-0.15, -0.1) is 11.8 Å². The van der Waals surface area contributed by atoms with Crippen LogP contribution in [-0.2, 0) is 4.79 Å². The number of carboxylic acid groups (broad SMARTS) is 1. The Bertz CT molecular complexity index is 732. The molecule has 0 aliphatic heterocycles. The number of hydrogen-bond donors (Lipinski definition) is 2. The smallest absolute Gasteiger partial charge is 0.337 e. The third-order valence-electron chi connectivity index (χ3n) is 3.42. The van der Waals surface area contributed by atoms with Crippen molar-refractivity contribution in [2.45, 2.75) is 23.5 Å². The topological polar surface area (TPSA) is 75.6 Å². The molecule has 0 heterocycles. The summed E-state index contributed by atoms with van der Waals surface area (Å²) in [6, 6.07) is 13.9. The van der Waals surface area contributed by atoms with Crippen LogP contribution >= 0.6 is 11.8 Å². The molecule has 0 aliphatic carbocycles. The average molecular weight is 345 g/mol. The lowest BCUT2D eigenvalue weighted by Crippen LogP contribution is -2.25. The molecule has 1 atom stereocenters. The molecule has 5 nitrogen and oxygen atoms in total. The lowest BCUT2D eigenvalue weighted by molar-refractivity contribution is -0.115. The van der Waals surface area contributed by atoms with E-state index in [0.29, 0.717) is 17.9 Å². The molecule has 2 N–H and O–H groups in total. The predicted octanol–water partition coefficient (Wildman–Crippen LogP) is 3.90. The van der Waals surface area contributed by atoms with E-state index < -0.39 is 5.97 Å². The number of carbonyl (C=O) groups is 2. The van der Waals surface area contributed by atoms with Crippen LogP contribution in [-0.4, -0.2) is 29.3 Å². The van der Waals surface area contributed by atoms with Gasteiger partial charge in [-0.2, -0.15) is 0 Å². The fraction of sp³-hybridized carbons (Fsp3) is 0.222. The van der Waals surface area contributed by atoms with Crippen LogP contribution < -0.4 is 10.1 Å². The number of nitrogens with one attached hydrogen (secondary N) is 1. The molecular weight excluding hydrogens is 326 g/mol. The molecule has 0 saturated heterocycles. The summed E-state index contributed by atoms with van der Waals surface area (Å²) in [6.07, 6.45) is 0.601. The van der Waals surface area contributed by atoms with E-state index >= 15 is 0 Å². The SMILES string of the molecule is CCC(Sc1ccccc1OC)C(=O)Nc1ccccc1C(=O)O. The Hall–Kier alpha value is -2.47. The number of carboxylic acids is 1. The minimum absolute atomic E-state index is 0.0722. The van der Waals surface area contributed by atoms with Crippen molar-refractivity contribution in [1.82, 2.24) is 0 Å². The van der Waals surface area contributed by atoms with Crippen molar-refractivity contribution in [3.8, 4) is 5.75 Å². The highest BCUT2D eigenvalue weighted by atomic mass is 32.2. The fourth-order valence-corrected chi connectivity index (χ4v) is 3.25. The molecule has 0 saturated carbocycles. The standard InChI is InChI=1S/C18H19NO4S/c1-3-15(24-16-11-7-6-10-14(16)23-2)17(20)19-13-9-5-4-8-12(13)18(21)22/h4-11,15H,3H2,1-2H3,(H,19,20)(H,21,22). The number of hydrogen-bond acceptors (Lipinski definition) is 4. The largest absolute Gasteiger partial charge is 0.496 e. The molecule has 0 bridgehead atoms. The lowest BCUT2D eigenvalue weighted by Gasteiger charge is -2.17. The molecule has 0 radical (unpaired) electrons. The molecule has 2 rings (SSSR count). The summed E-state index contributed by atoms with van der Waals surface area (Å²) < 4.78 is 5.31. The summed E-state index contributed by atoms with van der Waals surface area (Å²) in [7, 11) is 1.59. The van der Waals surface area contributed by atoms with Crippen molar-refractivity contribution in [2.75, 3.05) is 12.4 Å². The van der Waals surface area contributed by atoms with Gasteiger partial charge < -0.3 is 15.2 Å². The molecule has 1 unspecified atom stereocenters. The molecule has 2 aromatic rings. The van der Waals surface area contributed by atoms with Gasteiger partial charge in [-0.3, -0.25) is 4.79 Å². The summed E-state index contributed by atoms with van der Waals surface area (Å²) in [5.41, 5.74) is 0.372. The van der Waals surface area contributed by atoms with E-state index in [0.717, 1.165) is 4.90 Å². The van der Waals surface area contributed by atoms with Gasteiger partial charge in [-0.1, -0.05) is 31.2 Å². The zero-order valence-corrected chi connectivity index (χ0v) is 14.3. The second-order valence-electron chi connectivity index (χ2n) is 5.01. The van der Waals surface area contributed by atoms with Crippen LogP contribution in [0.25, 0.3) is 0 Å². The minimum Gasteiger partial charge on any atom is -0.496 e. The summed E-state index contributed by atoms with van der Waals surface area (Å²) >= 11 is 1.40. The number of carbonyl (C=O) groups excluding carboxylic acids is 1. The maximum absolute atomic E-state index is 12.6. The summed E-state index contributed by atoms with van der Waals surface area (Å²) in [4.78, 5) is 24.7. The first kappa shape index (κ1) is 17.9. The van der Waals surface area contributed by atoms with Crippen LogP contribution in [0.1, 0.15) is 23.7 Å². The monoisotopic (exact) mass is 345 g/mol. The molecule has 0 aliphatic rings. The third-order valence-corrected chi connectivity index (χ3v) is 4.84. The quantitative estimate of drug-likeness (QED) is 0.744. The Morgan fingerprint density at radius 2 is 1.83 bits per heavy atom. The molecule has 0 spiro atoms. The number of methoxy groups -OCH3 is 1. The molecule has 2 aromatic carbocycles. The Balaban J connectivity index is 2.16. The van der Waals surface area contributed by atoms with Crippen molar-refractivity contribution in [1.29, 1.82) is 0 Å². The first-order chi connectivity index (χ1) is 11.6. The average Bonchev–Trinajstić information content (AvgIpc) is 2.60. The molecule has 0 fully saturated rings. The lowest BCUT2D eigenvalue weighted by atomic mass is 10.1. The maximum Gasteiger partial charge on any atom is 0.337 e. The number of para-hydroxylation sites is 2. The van der Waals surface area contributed by atoms with E-state index in [1.165, 1.54) is 17.8 Å². The number of anilines is 1. The number of rotatable bonds is 7. The second-order valence-corrected chi connectivity index (χ2v) is 6.25. The molecule has 24 heavy (non-hydrogen) atoms.